The molecule has 0 atom stereocenters. The molecule has 1 aromatic heterocycles. The minimum atomic E-state index is -4.76. The number of non-ortho nitro benzene ring substituents is 1. The van der Waals surface area contributed by atoms with Gasteiger partial charge in [-0.3, -0.25) is 10.1 Å². The van der Waals surface area contributed by atoms with Gasteiger partial charge in [0.05, 0.1) is 27.2 Å². The smallest absolute Gasteiger partial charge is 0.355 e. The van der Waals surface area contributed by atoms with E-state index in [4.69, 9.17) is 0 Å². The molecule has 0 aliphatic carbocycles. The molecule has 7 nitrogen and oxygen atoms in total. The van der Waals surface area contributed by atoms with Gasteiger partial charge in [0.1, 0.15) is 0 Å². The van der Waals surface area contributed by atoms with E-state index in [9.17, 15) is 28.1 Å². The molecule has 24 heavy (non-hydrogen) atoms. The average molecular weight is 338 g/mol. The van der Waals surface area contributed by atoms with Gasteiger partial charge in [-0.1, -0.05) is 0 Å². The zero-order valence-electron chi connectivity index (χ0n) is 11.8. The van der Waals surface area contributed by atoms with Gasteiger partial charge >= 0.3 is 11.9 Å². The molecular formula is C14H9F3N4O3. The van der Waals surface area contributed by atoms with E-state index in [2.05, 4.69) is 15.3 Å². The van der Waals surface area contributed by atoms with E-state index in [-0.39, 0.29) is 11.4 Å². The van der Waals surface area contributed by atoms with Gasteiger partial charge < -0.3 is 15.3 Å². The number of anilines is 2. The van der Waals surface area contributed by atoms with Crippen LogP contribution in [0.5, 0.6) is 0 Å². The van der Waals surface area contributed by atoms with E-state index < -0.39 is 28.0 Å². The molecule has 0 unspecified atom stereocenters. The second kappa shape index (κ2) is 5.41. The van der Waals surface area contributed by atoms with E-state index >= 15 is 0 Å². The lowest BCUT2D eigenvalue weighted by Gasteiger charge is -2.14. The summed E-state index contributed by atoms with van der Waals surface area (Å²) in [6.45, 7) is 0. The molecule has 10 heteroatoms. The summed E-state index contributed by atoms with van der Waals surface area (Å²) in [6, 6.07) is 6.90. The lowest BCUT2D eigenvalue weighted by atomic mass is 10.1. The van der Waals surface area contributed by atoms with Crippen LogP contribution in [0.15, 0.2) is 41.2 Å². The molecule has 2 aromatic carbocycles. The van der Waals surface area contributed by atoms with E-state index in [1.54, 1.807) is 0 Å². The number of fused-ring (bicyclic) bond motifs is 1. The molecule has 0 amide bonds. The number of rotatable bonds is 3. The predicted molar refractivity (Wildman–Crippen MR) is 80.3 cm³/mol. The molecule has 1 heterocycles. The van der Waals surface area contributed by atoms with E-state index in [0.29, 0.717) is 17.1 Å². The maximum absolute atomic E-state index is 13.1. The van der Waals surface area contributed by atoms with Crippen molar-refractivity contribution < 1.29 is 18.1 Å². The minimum absolute atomic E-state index is 0.289. The van der Waals surface area contributed by atoms with E-state index in [0.717, 1.165) is 12.1 Å². The van der Waals surface area contributed by atoms with Crippen molar-refractivity contribution in [3.05, 3.63) is 62.6 Å². The van der Waals surface area contributed by atoms with Crippen LogP contribution in [0.4, 0.5) is 30.2 Å². The normalized spacial score (nSPS) is 11.6. The van der Waals surface area contributed by atoms with Crippen molar-refractivity contribution >= 4 is 28.1 Å². The maximum Gasteiger partial charge on any atom is 0.418 e. The summed E-state index contributed by atoms with van der Waals surface area (Å²) in [4.78, 5) is 26.0. The molecule has 3 aromatic rings. The van der Waals surface area contributed by atoms with Gasteiger partial charge in [0.2, 0.25) is 0 Å². The number of alkyl halides is 3. The number of aromatic amines is 2. The number of hydrogen-bond acceptors (Lipinski definition) is 4. The Balaban J connectivity index is 2.04. The molecule has 0 spiro atoms. The number of nitro benzene ring substituents is 1. The Morgan fingerprint density at radius 1 is 1.04 bits per heavy atom. The number of benzene rings is 2. The molecule has 0 aliphatic heterocycles. The first-order valence-corrected chi connectivity index (χ1v) is 6.59. The SMILES string of the molecule is O=c1[nH]c2ccc(Nc3ccc([N+](=O)[O-])cc3C(F)(F)F)cc2[nH]1. The molecule has 0 aliphatic rings. The van der Waals surface area contributed by atoms with Gasteiger partial charge in [-0.15, -0.1) is 0 Å². The third-order valence-electron chi connectivity index (χ3n) is 3.31. The second-order valence-corrected chi connectivity index (χ2v) is 4.95. The molecule has 0 saturated heterocycles. The lowest BCUT2D eigenvalue weighted by Crippen LogP contribution is -2.09. The van der Waals surface area contributed by atoms with Crippen molar-refractivity contribution in [2.45, 2.75) is 6.18 Å². The first-order valence-electron chi connectivity index (χ1n) is 6.59. The van der Waals surface area contributed by atoms with Gasteiger partial charge in [0.15, 0.2) is 0 Å². The fourth-order valence-electron chi connectivity index (χ4n) is 2.26. The summed E-state index contributed by atoms with van der Waals surface area (Å²) >= 11 is 0. The highest BCUT2D eigenvalue weighted by Crippen LogP contribution is 2.38. The minimum Gasteiger partial charge on any atom is -0.355 e. The molecule has 3 N–H and O–H groups in total. The van der Waals surface area contributed by atoms with Gasteiger partial charge in [-0.25, -0.2) is 4.79 Å². The fraction of sp³-hybridized carbons (Fsp3) is 0.0714. The standard InChI is InChI=1S/C14H9F3N4O3/c15-14(16,17)9-6-8(21(23)24)2-4-10(9)18-7-1-3-11-12(5-7)20-13(22)19-11/h1-6,18H,(H2,19,20,22). The number of aromatic nitrogens is 2. The Morgan fingerprint density at radius 2 is 1.75 bits per heavy atom. The third kappa shape index (κ3) is 2.93. The monoisotopic (exact) mass is 338 g/mol. The zero-order valence-corrected chi connectivity index (χ0v) is 11.8. The molecule has 0 bridgehead atoms. The maximum atomic E-state index is 13.1. The van der Waals surface area contributed by atoms with Gasteiger partial charge in [-0.2, -0.15) is 13.2 Å². The number of nitro groups is 1. The van der Waals surface area contributed by atoms with E-state index in [1.807, 2.05) is 0 Å². The molecule has 124 valence electrons. The molecular weight excluding hydrogens is 329 g/mol. The first-order chi connectivity index (χ1) is 11.2. The van der Waals surface area contributed by atoms with Gasteiger partial charge in [0, 0.05) is 17.8 Å². The Labute approximate surface area is 131 Å². The van der Waals surface area contributed by atoms with E-state index in [1.165, 1.54) is 18.2 Å². The highest BCUT2D eigenvalue weighted by Gasteiger charge is 2.35. The highest BCUT2D eigenvalue weighted by molar-refractivity contribution is 5.80. The van der Waals surface area contributed by atoms with Crippen LogP contribution in [0.3, 0.4) is 0 Å². The van der Waals surface area contributed by atoms with Crippen molar-refractivity contribution in [3.63, 3.8) is 0 Å². The quantitative estimate of drug-likeness (QED) is 0.502. The zero-order chi connectivity index (χ0) is 17.5. The topological polar surface area (TPSA) is 104 Å². The number of nitrogens with one attached hydrogen (secondary N) is 3. The van der Waals surface area contributed by atoms with Gasteiger partial charge in [-0.05, 0) is 24.3 Å². The summed E-state index contributed by atoms with van der Waals surface area (Å²) in [5, 5.41) is 13.2. The van der Waals surface area contributed by atoms with Gasteiger partial charge in [0.25, 0.3) is 5.69 Å². The van der Waals surface area contributed by atoms with Crippen LogP contribution in [-0.2, 0) is 6.18 Å². The first kappa shape index (κ1) is 15.6. The Bertz CT molecular complexity index is 991. The molecule has 0 saturated carbocycles. The van der Waals surface area contributed by atoms with Crippen LogP contribution in [-0.4, -0.2) is 14.9 Å². The number of H-pyrrole nitrogens is 2. The van der Waals surface area contributed by atoms with Crippen LogP contribution in [0.2, 0.25) is 0 Å². The largest absolute Gasteiger partial charge is 0.418 e. The van der Waals surface area contributed by atoms with Crippen molar-refractivity contribution in [3.8, 4) is 0 Å². The Morgan fingerprint density at radius 3 is 2.42 bits per heavy atom. The van der Waals surface area contributed by atoms with Crippen LogP contribution < -0.4 is 11.0 Å². The van der Waals surface area contributed by atoms with Crippen LogP contribution in [0.25, 0.3) is 11.0 Å². The fourth-order valence-corrected chi connectivity index (χ4v) is 2.26. The molecule has 0 radical (unpaired) electrons. The summed E-state index contributed by atoms with van der Waals surface area (Å²) in [5.41, 5.74) is -1.36. The third-order valence-corrected chi connectivity index (χ3v) is 3.31. The summed E-state index contributed by atoms with van der Waals surface area (Å²) < 4.78 is 39.4. The Kier molecular flexibility index (Phi) is 3.51. The number of hydrogen-bond donors (Lipinski definition) is 3. The Hall–Kier alpha value is -3.30. The number of nitrogens with zero attached hydrogens (tertiary/aromatic N) is 1. The summed E-state index contributed by atoms with van der Waals surface area (Å²) in [5.74, 6) is 0. The van der Waals surface area contributed by atoms with Crippen LogP contribution in [0, 0.1) is 10.1 Å². The lowest BCUT2D eigenvalue weighted by molar-refractivity contribution is -0.385. The number of halogens is 3. The van der Waals surface area contributed by atoms with Crippen LogP contribution in [0.1, 0.15) is 5.56 Å². The summed E-state index contributed by atoms with van der Waals surface area (Å²) in [7, 11) is 0. The van der Waals surface area contributed by atoms with Crippen molar-refractivity contribution in [1.29, 1.82) is 0 Å². The van der Waals surface area contributed by atoms with Crippen molar-refractivity contribution in [1.82, 2.24) is 9.97 Å². The molecule has 0 fully saturated rings. The van der Waals surface area contributed by atoms with Crippen LogP contribution >= 0.6 is 0 Å². The summed E-state index contributed by atoms with van der Waals surface area (Å²) in [6.07, 6.45) is -4.76. The predicted octanol–water partition coefficient (Wildman–Crippen LogP) is 3.53. The van der Waals surface area contributed by atoms with Crippen molar-refractivity contribution in [2.24, 2.45) is 0 Å². The number of imidazole rings is 1. The highest BCUT2D eigenvalue weighted by atomic mass is 19.4. The molecule has 3 rings (SSSR count). The average Bonchev–Trinajstić information content (AvgIpc) is 2.85. The second-order valence-electron chi connectivity index (χ2n) is 4.95. The van der Waals surface area contributed by atoms with Crippen molar-refractivity contribution in [2.75, 3.05) is 5.32 Å².